The van der Waals surface area contributed by atoms with Gasteiger partial charge in [-0.3, -0.25) is 9.59 Å². The Morgan fingerprint density at radius 1 is 1.10 bits per heavy atom. The van der Waals surface area contributed by atoms with E-state index in [0.717, 1.165) is 15.2 Å². The van der Waals surface area contributed by atoms with Crippen LogP contribution in [-0.2, 0) is 9.59 Å². The maximum absolute atomic E-state index is 11.9. The Labute approximate surface area is 123 Å². The van der Waals surface area contributed by atoms with Crippen LogP contribution in [0.25, 0.3) is 10.8 Å². The van der Waals surface area contributed by atoms with E-state index in [1.54, 1.807) is 0 Å². The van der Waals surface area contributed by atoms with E-state index in [9.17, 15) is 9.59 Å². The zero-order chi connectivity index (χ0) is 14.3. The van der Waals surface area contributed by atoms with Gasteiger partial charge in [0.15, 0.2) is 0 Å². The SMILES string of the molecule is O=C(O)[C@H]1C[C@H]1C(=O)Nc1ccc2cc(Br)ccc2c1. The van der Waals surface area contributed by atoms with Crippen molar-refractivity contribution in [2.24, 2.45) is 11.8 Å². The maximum Gasteiger partial charge on any atom is 0.307 e. The van der Waals surface area contributed by atoms with Gasteiger partial charge in [-0.25, -0.2) is 0 Å². The van der Waals surface area contributed by atoms with Crippen LogP contribution in [-0.4, -0.2) is 17.0 Å². The summed E-state index contributed by atoms with van der Waals surface area (Å²) in [6, 6.07) is 11.5. The molecular formula is C15H12BrNO3. The van der Waals surface area contributed by atoms with Crippen LogP contribution >= 0.6 is 15.9 Å². The number of carboxylic acid groups (broad SMARTS) is 1. The average molecular weight is 334 g/mol. The minimum Gasteiger partial charge on any atom is -0.481 e. The highest BCUT2D eigenvalue weighted by molar-refractivity contribution is 9.10. The first-order valence-electron chi connectivity index (χ1n) is 6.27. The van der Waals surface area contributed by atoms with Crippen LogP contribution in [0.15, 0.2) is 40.9 Å². The number of nitrogens with one attached hydrogen (secondary N) is 1. The third-order valence-electron chi connectivity index (χ3n) is 3.51. The summed E-state index contributed by atoms with van der Waals surface area (Å²) in [6.45, 7) is 0. The van der Waals surface area contributed by atoms with E-state index in [-0.39, 0.29) is 5.91 Å². The third-order valence-corrected chi connectivity index (χ3v) is 4.01. The van der Waals surface area contributed by atoms with Crippen LogP contribution in [0.3, 0.4) is 0 Å². The molecule has 0 bridgehead atoms. The smallest absolute Gasteiger partial charge is 0.307 e. The van der Waals surface area contributed by atoms with Gasteiger partial charge in [0.05, 0.1) is 11.8 Å². The molecule has 0 radical (unpaired) electrons. The second kappa shape index (κ2) is 4.90. The summed E-state index contributed by atoms with van der Waals surface area (Å²) in [6.07, 6.45) is 0.432. The fourth-order valence-corrected chi connectivity index (χ4v) is 2.67. The zero-order valence-corrected chi connectivity index (χ0v) is 12.1. The molecule has 0 unspecified atom stereocenters. The summed E-state index contributed by atoms with van der Waals surface area (Å²) in [5.74, 6) is -2.03. The Balaban J connectivity index is 1.76. The van der Waals surface area contributed by atoms with Crippen molar-refractivity contribution in [1.82, 2.24) is 0 Å². The van der Waals surface area contributed by atoms with Crippen molar-refractivity contribution in [2.45, 2.75) is 6.42 Å². The summed E-state index contributed by atoms with van der Waals surface area (Å²) >= 11 is 3.41. The highest BCUT2D eigenvalue weighted by Crippen LogP contribution is 2.39. The van der Waals surface area contributed by atoms with Crippen LogP contribution < -0.4 is 5.32 Å². The molecule has 1 fully saturated rings. The molecule has 4 nitrogen and oxygen atoms in total. The highest BCUT2D eigenvalue weighted by Gasteiger charge is 2.48. The molecule has 2 N–H and O–H groups in total. The molecule has 2 atom stereocenters. The molecule has 5 heteroatoms. The van der Waals surface area contributed by atoms with Crippen molar-refractivity contribution in [2.75, 3.05) is 5.32 Å². The molecule has 2 aromatic carbocycles. The number of hydrogen-bond acceptors (Lipinski definition) is 2. The van der Waals surface area contributed by atoms with Crippen LogP contribution in [0.4, 0.5) is 5.69 Å². The molecule has 1 saturated carbocycles. The normalized spacial score (nSPS) is 20.6. The predicted octanol–water partition coefficient (Wildman–Crippen LogP) is 3.26. The number of hydrogen-bond donors (Lipinski definition) is 2. The van der Waals surface area contributed by atoms with Crippen molar-refractivity contribution < 1.29 is 14.7 Å². The largest absolute Gasteiger partial charge is 0.481 e. The maximum atomic E-state index is 11.9. The lowest BCUT2D eigenvalue weighted by Crippen LogP contribution is -2.16. The van der Waals surface area contributed by atoms with E-state index in [1.165, 1.54) is 0 Å². The number of amides is 1. The molecule has 0 spiro atoms. The first kappa shape index (κ1) is 13.1. The first-order valence-corrected chi connectivity index (χ1v) is 7.07. The van der Waals surface area contributed by atoms with E-state index < -0.39 is 17.8 Å². The van der Waals surface area contributed by atoms with Gasteiger partial charge < -0.3 is 10.4 Å². The lowest BCUT2D eigenvalue weighted by molar-refractivity contribution is -0.139. The molecule has 2 aromatic rings. The summed E-state index contributed by atoms with van der Waals surface area (Å²) in [5, 5.41) is 13.7. The number of anilines is 1. The Morgan fingerprint density at radius 2 is 1.80 bits per heavy atom. The monoisotopic (exact) mass is 333 g/mol. The number of carbonyl (C=O) groups is 2. The van der Waals surface area contributed by atoms with Crippen molar-refractivity contribution in [3.63, 3.8) is 0 Å². The van der Waals surface area contributed by atoms with Gasteiger partial charge in [0.2, 0.25) is 5.91 Å². The van der Waals surface area contributed by atoms with Gasteiger partial charge in [-0.1, -0.05) is 28.1 Å². The Bertz CT molecular complexity index is 713. The van der Waals surface area contributed by atoms with E-state index in [4.69, 9.17) is 5.11 Å². The minimum absolute atomic E-state index is 0.214. The van der Waals surface area contributed by atoms with Crippen molar-refractivity contribution in [1.29, 1.82) is 0 Å². The molecule has 20 heavy (non-hydrogen) atoms. The van der Waals surface area contributed by atoms with Crippen LogP contribution in [0, 0.1) is 11.8 Å². The first-order chi connectivity index (χ1) is 9.54. The Hall–Kier alpha value is -1.88. The van der Waals surface area contributed by atoms with E-state index in [0.29, 0.717) is 12.1 Å². The number of benzene rings is 2. The number of carboxylic acids is 1. The molecule has 102 valence electrons. The number of aliphatic carboxylic acids is 1. The summed E-state index contributed by atoms with van der Waals surface area (Å²) in [7, 11) is 0. The Morgan fingerprint density at radius 3 is 2.50 bits per heavy atom. The quantitative estimate of drug-likeness (QED) is 0.905. The van der Waals surface area contributed by atoms with Crippen molar-refractivity contribution in [3.8, 4) is 0 Å². The fourth-order valence-electron chi connectivity index (χ4n) is 2.29. The number of carbonyl (C=O) groups excluding carboxylic acids is 1. The Kier molecular flexibility index (Phi) is 3.22. The molecule has 3 rings (SSSR count). The van der Waals surface area contributed by atoms with Crippen LogP contribution in [0.2, 0.25) is 0 Å². The minimum atomic E-state index is -0.895. The fraction of sp³-hybridized carbons (Fsp3) is 0.200. The average Bonchev–Trinajstić information content (AvgIpc) is 3.19. The van der Waals surface area contributed by atoms with Crippen molar-refractivity contribution >= 4 is 44.3 Å². The molecule has 0 heterocycles. The summed E-state index contributed by atoms with van der Waals surface area (Å²) < 4.78 is 1.00. The third kappa shape index (κ3) is 2.54. The van der Waals surface area contributed by atoms with Gasteiger partial charge >= 0.3 is 5.97 Å². The van der Waals surface area contributed by atoms with Gasteiger partial charge in [-0.2, -0.15) is 0 Å². The second-order valence-electron chi connectivity index (χ2n) is 4.98. The van der Waals surface area contributed by atoms with Gasteiger partial charge in [-0.15, -0.1) is 0 Å². The lowest BCUT2D eigenvalue weighted by Gasteiger charge is -2.06. The van der Waals surface area contributed by atoms with E-state index >= 15 is 0 Å². The molecule has 1 aliphatic rings. The van der Waals surface area contributed by atoms with Crippen LogP contribution in [0.1, 0.15) is 6.42 Å². The van der Waals surface area contributed by atoms with Gasteiger partial charge in [-0.05, 0) is 41.5 Å². The lowest BCUT2D eigenvalue weighted by atomic mass is 10.1. The van der Waals surface area contributed by atoms with Crippen molar-refractivity contribution in [3.05, 3.63) is 40.9 Å². The number of halogens is 1. The molecule has 0 saturated heterocycles. The topological polar surface area (TPSA) is 66.4 Å². The molecule has 1 aliphatic carbocycles. The zero-order valence-electron chi connectivity index (χ0n) is 10.5. The number of fused-ring (bicyclic) bond motifs is 1. The van der Waals surface area contributed by atoms with Gasteiger partial charge in [0.1, 0.15) is 0 Å². The van der Waals surface area contributed by atoms with E-state index in [2.05, 4.69) is 21.2 Å². The molecular weight excluding hydrogens is 322 g/mol. The molecule has 0 aliphatic heterocycles. The van der Waals surface area contributed by atoms with Gasteiger partial charge in [0, 0.05) is 10.2 Å². The van der Waals surface area contributed by atoms with E-state index in [1.807, 2.05) is 36.4 Å². The highest BCUT2D eigenvalue weighted by atomic mass is 79.9. The van der Waals surface area contributed by atoms with Gasteiger partial charge in [0.25, 0.3) is 0 Å². The summed E-state index contributed by atoms with van der Waals surface area (Å²) in [5.41, 5.74) is 0.695. The molecule has 1 amide bonds. The standard InChI is InChI=1S/C15H12BrNO3/c16-10-3-1-9-6-11(4-2-8(9)5-10)17-14(18)12-7-13(12)15(19)20/h1-6,12-13H,7H2,(H,17,18)(H,19,20)/t12-,13+/m1/s1. The number of rotatable bonds is 3. The molecule has 0 aromatic heterocycles. The second-order valence-corrected chi connectivity index (χ2v) is 5.90. The summed E-state index contributed by atoms with van der Waals surface area (Å²) in [4.78, 5) is 22.6. The van der Waals surface area contributed by atoms with Crippen LogP contribution in [0.5, 0.6) is 0 Å². The predicted molar refractivity (Wildman–Crippen MR) is 79.5 cm³/mol.